The summed E-state index contributed by atoms with van der Waals surface area (Å²) >= 11 is 0. The summed E-state index contributed by atoms with van der Waals surface area (Å²) in [4.78, 5) is 22.0. The number of ether oxygens (including phenoxy) is 1. The molecule has 13 heteroatoms. The fourth-order valence-electron chi connectivity index (χ4n) is 5.21. The average molecular weight is 548 g/mol. The number of imidazole rings is 2. The molecule has 5 aromatic rings. The zero-order chi connectivity index (χ0) is 27.4. The molecule has 2 aliphatic rings. The number of aryl methyl sites for hydroxylation is 2. The second-order valence-corrected chi connectivity index (χ2v) is 9.99. The van der Waals surface area contributed by atoms with Crippen LogP contribution in [0.3, 0.4) is 0 Å². The monoisotopic (exact) mass is 547 g/mol. The van der Waals surface area contributed by atoms with Gasteiger partial charge in [-0.1, -0.05) is 18.2 Å². The van der Waals surface area contributed by atoms with E-state index in [1.54, 1.807) is 28.6 Å². The highest BCUT2D eigenvalue weighted by Crippen LogP contribution is 2.45. The Morgan fingerprint density at radius 2 is 2.00 bits per heavy atom. The predicted octanol–water partition coefficient (Wildman–Crippen LogP) is 4.91. The lowest BCUT2D eigenvalue weighted by molar-refractivity contribution is -0.140. The van der Waals surface area contributed by atoms with Gasteiger partial charge in [-0.05, 0) is 36.8 Å². The first kappa shape index (κ1) is 24.5. The Kier molecular flexibility index (Phi) is 5.68. The fourth-order valence-corrected chi connectivity index (χ4v) is 5.21. The highest BCUT2D eigenvalue weighted by Gasteiger charge is 2.35. The first-order valence-electron chi connectivity index (χ1n) is 13.0. The SMILES string of the molecule is COc1ncnc(C2CC2)c1-c1nc(NCc2ccc3c(c2)CCCn2cc(C(F)(F)F)nc2-3)c2nccn2n1. The molecule has 10 nitrogen and oxygen atoms in total. The van der Waals surface area contributed by atoms with Crippen molar-refractivity contribution >= 4 is 11.5 Å². The van der Waals surface area contributed by atoms with Crippen molar-refractivity contribution in [3.8, 4) is 28.7 Å². The van der Waals surface area contributed by atoms with Crippen LogP contribution in [0.25, 0.3) is 28.4 Å². The molecule has 40 heavy (non-hydrogen) atoms. The van der Waals surface area contributed by atoms with Crippen LogP contribution in [0.15, 0.2) is 43.1 Å². The van der Waals surface area contributed by atoms with Crippen molar-refractivity contribution in [3.05, 3.63) is 65.6 Å². The minimum absolute atomic E-state index is 0.327. The quantitative estimate of drug-likeness (QED) is 0.320. The van der Waals surface area contributed by atoms with Crippen molar-refractivity contribution in [1.82, 2.24) is 39.1 Å². The molecular formula is C27H24F3N9O. The van der Waals surface area contributed by atoms with Gasteiger partial charge in [0.2, 0.25) is 5.88 Å². The molecule has 0 saturated heterocycles. The van der Waals surface area contributed by atoms with Gasteiger partial charge >= 0.3 is 6.18 Å². The van der Waals surface area contributed by atoms with Crippen molar-refractivity contribution in [2.24, 2.45) is 0 Å². The second kappa shape index (κ2) is 9.28. The molecule has 0 spiro atoms. The fraction of sp³-hybridized carbons (Fsp3) is 0.333. The van der Waals surface area contributed by atoms with Crippen LogP contribution in [0.1, 0.15) is 47.7 Å². The number of nitrogens with zero attached hydrogens (tertiary/aromatic N) is 8. The van der Waals surface area contributed by atoms with Crippen LogP contribution in [-0.4, -0.2) is 46.2 Å². The third-order valence-corrected chi connectivity index (χ3v) is 7.26. The lowest BCUT2D eigenvalue weighted by Crippen LogP contribution is -2.09. The Labute approximate surface area is 226 Å². The lowest BCUT2D eigenvalue weighted by Gasteiger charge is -2.13. The number of nitrogens with one attached hydrogen (secondary N) is 1. The van der Waals surface area contributed by atoms with Crippen molar-refractivity contribution in [2.75, 3.05) is 12.4 Å². The summed E-state index contributed by atoms with van der Waals surface area (Å²) in [5, 5.41) is 8.04. The molecule has 1 saturated carbocycles. The zero-order valence-corrected chi connectivity index (χ0v) is 21.5. The summed E-state index contributed by atoms with van der Waals surface area (Å²) in [6.45, 7) is 0.907. The van der Waals surface area contributed by atoms with E-state index in [9.17, 15) is 13.2 Å². The number of aromatic nitrogens is 8. The summed E-state index contributed by atoms with van der Waals surface area (Å²) in [5.41, 5.74) is 3.88. The van der Waals surface area contributed by atoms with Gasteiger partial charge in [-0.25, -0.2) is 29.4 Å². The molecule has 7 rings (SSSR count). The van der Waals surface area contributed by atoms with E-state index in [0.717, 1.165) is 54.3 Å². The minimum atomic E-state index is -4.48. The van der Waals surface area contributed by atoms with E-state index in [4.69, 9.17) is 9.72 Å². The molecule has 1 aromatic carbocycles. The summed E-state index contributed by atoms with van der Waals surface area (Å²) in [6, 6.07) is 5.76. The molecule has 1 aliphatic heterocycles. The minimum Gasteiger partial charge on any atom is -0.480 e. The van der Waals surface area contributed by atoms with Crippen molar-refractivity contribution in [1.29, 1.82) is 0 Å². The average Bonchev–Trinajstić information content (AvgIpc) is 3.57. The lowest BCUT2D eigenvalue weighted by atomic mass is 10.0. The Hall–Kier alpha value is -4.55. The second-order valence-electron chi connectivity index (χ2n) is 9.99. The number of alkyl halides is 3. The van der Waals surface area contributed by atoms with Gasteiger partial charge < -0.3 is 14.6 Å². The number of benzene rings is 1. The Morgan fingerprint density at radius 3 is 2.80 bits per heavy atom. The van der Waals surface area contributed by atoms with Crippen LogP contribution in [0.2, 0.25) is 0 Å². The van der Waals surface area contributed by atoms with Crippen molar-refractivity contribution in [2.45, 2.75) is 50.9 Å². The first-order chi connectivity index (χ1) is 19.4. The highest BCUT2D eigenvalue weighted by atomic mass is 19.4. The number of methoxy groups -OCH3 is 1. The van der Waals surface area contributed by atoms with E-state index < -0.39 is 11.9 Å². The Bertz CT molecular complexity index is 1740. The van der Waals surface area contributed by atoms with Crippen LogP contribution in [0.5, 0.6) is 5.88 Å². The number of hydrogen-bond acceptors (Lipinski definition) is 8. The topological polar surface area (TPSA) is 108 Å². The van der Waals surface area contributed by atoms with Crippen LogP contribution < -0.4 is 10.1 Å². The van der Waals surface area contributed by atoms with Crippen molar-refractivity contribution < 1.29 is 17.9 Å². The van der Waals surface area contributed by atoms with E-state index in [0.29, 0.717) is 53.6 Å². The third kappa shape index (κ3) is 4.31. The van der Waals surface area contributed by atoms with Crippen molar-refractivity contribution in [3.63, 3.8) is 0 Å². The molecule has 4 aromatic heterocycles. The van der Waals surface area contributed by atoms with Crippen LogP contribution in [-0.2, 0) is 25.7 Å². The van der Waals surface area contributed by atoms with Gasteiger partial charge in [-0.3, -0.25) is 0 Å². The van der Waals surface area contributed by atoms with Gasteiger partial charge in [-0.2, -0.15) is 13.2 Å². The molecule has 1 fully saturated rings. The van der Waals surface area contributed by atoms with Gasteiger partial charge in [0.05, 0.1) is 12.8 Å². The van der Waals surface area contributed by atoms with Gasteiger partial charge in [0.25, 0.3) is 0 Å². The molecule has 0 bridgehead atoms. The number of halogens is 3. The van der Waals surface area contributed by atoms with E-state index in [2.05, 4.69) is 30.4 Å². The van der Waals surface area contributed by atoms with Gasteiger partial charge in [0.15, 0.2) is 23.0 Å². The molecule has 0 unspecified atom stereocenters. The molecule has 1 aliphatic carbocycles. The number of rotatable bonds is 6. The molecule has 0 radical (unpaired) electrons. The number of hydrogen-bond donors (Lipinski definition) is 1. The summed E-state index contributed by atoms with van der Waals surface area (Å²) in [6.07, 6.45) is 5.07. The van der Waals surface area contributed by atoms with E-state index in [1.807, 2.05) is 18.2 Å². The molecule has 5 heterocycles. The summed E-state index contributed by atoms with van der Waals surface area (Å²) < 4.78 is 48.7. The third-order valence-electron chi connectivity index (χ3n) is 7.26. The maximum Gasteiger partial charge on any atom is 0.434 e. The smallest absolute Gasteiger partial charge is 0.434 e. The molecule has 0 atom stereocenters. The summed E-state index contributed by atoms with van der Waals surface area (Å²) in [5.74, 6) is 2.06. The number of fused-ring (bicyclic) bond motifs is 4. The normalized spacial score (nSPS) is 15.0. The van der Waals surface area contributed by atoms with Gasteiger partial charge in [0.1, 0.15) is 17.7 Å². The van der Waals surface area contributed by atoms with Crippen LogP contribution in [0, 0.1) is 0 Å². The summed E-state index contributed by atoms with van der Waals surface area (Å²) in [7, 11) is 1.56. The Morgan fingerprint density at radius 1 is 1.12 bits per heavy atom. The number of anilines is 1. The largest absolute Gasteiger partial charge is 0.480 e. The molecule has 1 N–H and O–H groups in total. The van der Waals surface area contributed by atoms with Crippen LogP contribution in [0.4, 0.5) is 19.0 Å². The molecular weight excluding hydrogens is 523 g/mol. The van der Waals surface area contributed by atoms with Gasteiger partial charge in [0, 0.05) is 43.2 Å². The van der Waals surface area contributed by atoms with E-state index in [1.165, 1.54) is 6.33 Å². The maximum absolute atomic E-state index is 13.3. The maximum atomic E-state index is 13.3. The van der Waals surface area contributed by atoms with E-state index >= 15 is 0 Å². The van der Waals surface area contributed by atoms with Gasteiger partial charge in [-0.15, -0.1) is 5.10 Å². The van der Waals surface area contributed by atoms with Crippen LogP contribution >= 0.6 is 0 Å². The molecule has 0 amide bonds. The zero-order valence-electron chi connectivity index (χ0n) is 21.5. The Balaban J connectivity index is 1.21. The molecule has 204 valence electrons. The van der Waals surface area contributed by atoms with E-state index in [-0.39, 0.29) is 0 Å². The highest BCUT2D eigenvalue weighted by molar-refractivity contribution is 5.71. The first-order valence-corrected chi connectivity index (χ1v) is 13.0. The standard InChI is InChI=1S/C27H24F3N9O/c1-40-26-20(21(16-5-6-16)33-14-34-26)22-36-23(25-31-8-10-39(25)37-22)32-12-15-4-7-18-17(11-15)3-2-9-38-13-19(27(28,29)30)35-24(18)38/h4,7-8,10-11,13-14,16H,2-3,5-6,9,12H2,1H3,(H,32,36,37). The predicted molar refractivity (Wildman–Crippen MR) is 139 cm³/mol.